The third-order valence-corrected chi connectivity index (χ3v) is 6.62. The van der Waals surface area contributed by atoms with E-state index < -0.39 is 6.04 Å². The molecule has 0 spiro atoms. The molecule has 0 bridgehead atoms. The number of methoxy groups -OCH3 is 1. The molecule has 1 N–H and O–H groups in total. The molecular formula is C25H26N2O4S. The Balaban J connectivity index is 1.63. The fourth-order valence-corrected chi connectivity index (χ4v) is 4.87. The average molecular weight is 451 g/mol. The Labute approximate surface area is 191 Å². The summed E-state index contributed by atoms with van der Waals surface area (Å²) in [5, 5.41) is 4.10. The van der Waals surface area contributed by atoms with Gasteiger partial charge in [0.05, 0.1) is 42.7 Å². The third kappa shape index (κ3) is 5.18. The van der Waals surface area contributed by atoms with Crippen molar-refractivity contribution in [2.45, 2.75) is 12.5 Å². The number of carbonyl (C=O) groups excluding carboxylic acids is 2. The van der Waals surface area contributed by atoms with Crippen molar-refractivity contribution in [3.8, 4) is 11.1 Å². The predicted molar refractivity (Wildman–Crippen MR) is 126 cm³/mol. The highest BCUT2D eigenvalue weighted by Gasteiger charge is 2.24. The lowest BCUT2D eigenvalue weighted by Crippen LogP contribution is -2.35. The Morgan fingerprint density at radius 2 is 1.72 bits per heavy atom. The molecule has 6 nitrogen and oxygen atoms in total. The van der Waals surface area contributed by atoms with E-state index in [-0.39, 0.29) is 18.3 Å². The number of morpholine rings is 1. The second-order valence-corrected chi connectivity index (χ2v) is 8.54. The van der Waals surface area contributed by atoms with Crippen molar-refractivity contribution in [3.05, 3.63) is 77.2 Å². The zero-order valence-corrected chi connectivity index (χ0v) is 18.8. The summed E-state index contributed by atoms with van der Waals surface area (Å²) in [6, 6.07) is 21.0. The van der Waals surface area contributed by atoms with Crippen molar-refractivity contribution in [2.75, 3.05) is 38.3 Å². The molecule has 4 rings (SSSR count). The van der Waals surface area contributed by atoms with Gasteiger partial charge in [-0.15, -0.1) is 11.3 Å². The number of thiophene rings is 1. The van der Waals surface area contributed by atoms with E-state index in [2.05, 4.69) is 22.3 Å². The van der Waals surface area contributed by atoms with Crippen LogP contribution in [0.3, 0.4) is 0 Å². The second-order valence-electron chi connectivity index (χ2n) is 7.51. The van der Waals surface area contributed by atoms with E-state index in [1.807, 2.05) is 54.6 Å². The number of rotatable bonds is 7. The Hall–Kier alpha value is -3.16. The number of amides is 1. The van der Waals surface area contributed by atoms with E-state index in [1.54, 1.807) is 0 Å². The van der Waals surface area contributed by atoms with Gasteiger partial charge in [0, 0.05) is 18.7 Å². The number of nitrogens with one attached hydrogen (secondary N) is 1. The lowest BCUT2D eigenvalue weighted by atomic mass is 10.0. The topological polar surface area (TPSA) is 67.9 Å². The van der Waals surface area contributed by atoms with Crippen LogP contribution in [-0.2, 0) is 14.3 Å². The molecule has 2 aromatic carbocycles. The number of hydrogen-bond donors (Lipinski definition) is 1. The highest BCUT2D eigenvalue weighted by molar-refractivity contribution is 7.18. The molecule has 1 amide bonds. The first-order valence-electron chi connectivity index (χ1n) is 10.6. The van der Waals surface area contributed by atoms with E-state index in [0.29, 0.717) is 18.1 Å². The first kappa shape index (κ1) is 22.0. The van der Waals surface area contributed by atoms with E-state index in [4.69, 9.17) is 9.47 Å². The van der Waals surface area contributed by atoms with Crippen molar-refractivity contribution in [2.24, 2.45) is 0 Å². The van der Waals surface area contributed by atoms with Crippen LogP contribution in [0.5, 0.6) is 0 Å². The first-order chi connectivity index (χ1) is 15.7. The van der Waals surface area contributed by atoms with Crippen LogP contribution in [-0.4, -0.2) is 45.3 Å². The van der Waals surface area contributed by atoms with Gasteiger partial charge < -0.3 is 19.7 Å². The normalized spacial score (nSPS) is 14.6. The van der Waals surface area contributed by atoms with E-state index >= 15 is 0 Å². The molecule has 32 heavy (non-hydrogen) atoms. The van der Waals surface area contributed by atoms with Gasteiger partial charge in [-0.2, -0.15) is 0 Å². The van der Waals surface area contributed by atoms with Gasteiger partial charge in [0.1, 0.15) is 0 Å². The Morgan fingerprint density at radius 3 is 2.38 bits per heavy atom. The number of esters is 1. The molecule has 0 radical (unpaired) electrons. The number of ether oxygens (including phenoxy) is 2. The Bertz CT molecular complexity index is 1050. The summed E-state index contributed by atoms with van der Waals surface area (Å²) in [7, 11) is 1.35. The number of benzene rings is 2. The van der Waals surface area contributed by atoms with Crippen LogP contribution in [0.4, 0.5) is 5.00 Å². The summed E-state index contributed by atoms with van der Waals surface area (Å²) in [4.78, 5) is 28.1. The van der Waals surface area contributed by atoms with E-state index in [1.165, 1.54) is 18.4 Å². The number of anilines is 1. The largest absolute Gasteiger partial charge is 0.469 e. The van der Waals surface area contributed by atoms with Crippen LogP contribution in [0.1, 0.15) is 27.7 Å². The minimum atomic E-state index is -0.467. The molecule has 1 atom stereocenters. The molecule has 1 saturated heterocycles. The van der Waals surface area contributed by atoms with Gasteiger partial charge in [-0.1, -0.05) is 60.7 Å². The minimum absolute atomic E-state index is 0.0689. The maximum absolute atomic E-state index is 13.3. The summed E-state index contributed by atoms with van der Waals surface area (Å²) >= 11 is 1.47. The second kappa shape index (κ2) is 10.4. The molecule has 0 aliphatic carbocycles. The highest BCUT2D eigenvalue weighted by atomic mass is 32.1. The average Bonchev–Trinajstić information content (AvgIpc) is 3.31. The lowest BCUT2D eigenvalue weighted by molar-refractivity contribution is -0.141. The van der Waals surface area contributed by atoms with Crippen LogP contribution in [0, 0.1) is 0 Å². The molecule has 2 heterocycles. The number of nitrogens with zero attached hydrogens (tertiary/aromatic N) is 1. The maximum atomic E-state index is 13.3. The molecule has 1 fully saturated rings. The summed E-state index contributed by atoms with van der Waals surface area (Å²) < 4.78 is 10.4. The lowest BCUT2D eigenvalue weighted by Gasteiger charge is -2.28. The van der Waals surface area contributed by atoms with Crippen LogP contribution in [0.2, 0.25) is 0 Å². The fraction of sp³-hybridized carbons (Fsp3) is 0.280. The van der Waals surface area contributed by atoms with Crippen molar-refractivity contribution >= 4 is 28.2 Å². The van der Waals surface area contributed by atoms with E-state index in [0.717, 1.165) is 34.8 Å². The van der Waals surface area contributed by atoms with Crippen LogP contribution in [0.15, 0.2) is 66.7 Å². The first-order valence-corrected chi connectivity index (χ1v) is 11.4. The molecule has 7 heteroatoms. The summed E-state index contributed by atoms with van der Waals surface area (Å²) in [5.74, 6) is -0.575. The van der Waals surface area contributed by atoms with Gasteiger partial charge in [0.15, 0.2) is 0 Å². The standard InChI is InChI=1S/C25H26N2O4S/c1-30-23(28)17-21(19-10-6-3-7-11-19)26-24(29)22-16-20(18-8-4-2-5-9-18)25(32-22)27-12-14-31-15-13-27/h2-11,16,21H,12-15,17H2,1H3,(H,26,29). The van der Waals surface area contributed by atoms with Gasteiger partial charge in [-0.05, 0) is 17.2 Å². The predicted octanol–water partition coefficient (Wildman–Crippen LogP) is 4.29. The molecule has 0 saturated carbocycles. The number of hydrogen-bond acceptors (Lipinski definition) is 6. The van der Waals surface area contributed by atoms with Crippen LogP contribution in [0.25, 0.3) is 11.1 Å². The highest BCUT2D eigenvalue weighted by Crippen LogP contribution is 2.39. The quantitative estimate of drug-likeness (QED) is 0.544. The summed E-state index contributed by atoms with van der Waals surface area (Å²) in [5.41, 5.74) is 2.96. The Morgan fingerprint density at radius 1 is 1.06 bits per heavy atom. The van der Waals surface area contributed by atoms with Crippen molar-refractivity contribution in [3.63, 3.8) is 0 Å². The molecule has 1 aromatic heterocycles. The molecule has 3 aromatic rings. The minimum Gasteiger partial charge on any atom is -0.469 e. The molecular weight excluding hydrogens is 424 g/mol. The van der Waals surface area contributed by atoms with Gasteiger partial charge in [-0.3, -0.25) is 9.59 Å². The van der Waals surface area contributed by atoms with Crippen LogP contribution >= 0.6 is 11.3 Å². The van der Waals surface area contributed by atoms with E-state index in [9.17, 15) is 9.59 Å². The van der Waals surface area contributed by atoms with Gasteiger partial charge >= 0.3 is 5.97 Å². The molecule has 1 aliphatic heterocycles. The maximum Gasteiger partial charge on any atom is 0.307 e. The number of carbonyl (C=O) groups is 2. The van der Waals surface area contributed by atoms with Crippen molar-refractivity contribution in [1.82, 2.24) is 5.32 Å². The molecule has 1 unspecified atom stereocenters. The monoisotopic (exact) mass is 450 g/mol. The van der Waals surface area contributed by atoms with Gasteiger partial charge in [0.25, 0.3) is 5.91 Å². The zero-order valence-electron chi connectivity index (χ0n) is 18.0. The van der Waals surface area contributed by atoms with Crippen molar-refractivity contribution in [1.29, 1.82) is 0 Å². The smallest absolute Gasteiger partial charge is 0.307 e. The van der Waals surface area contributed by atoms with Gasteiger partial charge in [0.2, 0.25) is 0 Å². The SMILES string of the molecule is COC(=O)CC(NC(=O)c1cc(-c2ccccc2)c(N2CCOCC2)s1)c1ccccc1. The fourth-order valence-electron chi connectivity index (χ4n) is 3.74. The van der Waals surface area contributed by atoms with Crippen molar-refractivity contribution < 1.29 is 19.1 Å². The molecule has 166 valence electrons. The van der Waals surface area contributed by atoms with Crippen LogP contribution < -0.4 is 10.2 Å². The zero-order chi connectivity index (χ0) is 22.3. The Kier molecular flexibility index (Phi) is 7.19. The van der Waals surface area contributed by atoms with Gasteiger partial charge in [-0.25, -0.2) is 0 Å². The molecule has 1 aliphatic rings. The summed E-state index contributed by atoms with van der Waals surface area (Å²) in [6.07, 6.45) is 0.0689. The summed E-state index contributed by atoms with van der Waals surface area (Å²) in [6.45, 7) is 2.92. The third-order valence-electron chi connectivity index (χ3n) is 5.43.